The van der Waals surface area contributed by atoms with Crippen molar-refractivity contribution in [1.82, 2.24) is 4.90 Å². The third-order valence-electron chi connectivity index (χ3n) is 3.29. The fraction of sp³-hybridized carbons (Fsp3) is 0.846. The molecule has 0 aromatic rings. The molecule has 98 valence electrons. The molecule has 0 saturated carbocycles. The zero-order valence-electron chi connectivity index (χ0n) is 10.8. The second kappa shape index (κ2) is 6.62. The molecular formula is C13H23NO3. The summed E-state index contributed by atoms with van der Waals surface area (Å²) in [5, 5.41) is 9.17. The van der Waals surface area contributed by atoms with Crippen LogP contribution in [0.3, 0.4) is 0 Å². The first-order valence-electron chi connectivity index (χ1n) is 6.54. The smallest absolute Gasteiger partial charge is 0.326 e. The van der Waals surface area contributed by atoms with Gasteiger partial charge in [-0.25, -0.2) is 4.79 Å². The topological polar surface area (TPSA) is 57.6 Å². The zero-order valence-corrected chi connectivity index (χ0v) is 10.8. The number of carbonyl (C=O) groups excluding carboxylic acids is 1. The van der Waals surface area contributed by atoms with Crippen LogP contribution in [-0.2, 0) is 9.59 Å². The Bertz CT molecular complexity index is 276. The summed E-state index contributed by atoms with van der Waals surface area (Å²) < 4.78 is 0. The van der Waals surface area contributed by atoms with Gasteiger partial charge in [0.15, 0.2) is 0 Å². The van der Waals surface area contributed by atoms with E-state index in [0.29, 0.717) is 25.3 Å². The molecule has 0 aromatic heterocycles. The Labute approximate surface area is 103 Å². The number of amides is 1. The van der Waals surface area contributed by atoms with E-state index < -0.39 is 12.0 Å². The minimum atomic E-state index is -0.857. The van der Waals surface area contributed by atoms with Crippen LogP contribution in [0.2, 0.25) is 0 Å². The van der Waals surface area contributed by atoms with Gasteiger partial charge in [0.25, 0.3) is 0 Å². The van der Waals surface area contributed by atoms with Gasteiger partial charge < -0.3 is 10.0 Å². The van der Waals surface area contributed by atoms with Crippen molar-refractivity contribution in [2.75, 3.05) is 6.54 Å². The summed E-state index contributed by atoms with van der Waals surface area (Å²) >= 11 is 0. The molecule has 0 radical (unpaired) electrons. The minimum absolute atomic E-state index is 0.00741. The molecule has 0 bridgehead atoms. The fourth-order valence-corrected chi connectivity index (χ4v) is 2.22. The number of rotatable bonds is 4. The van der Waals surface area contributed by atoms with Crippen molar-refractivity contribution in [1.29, 1.82) is 0 Å². The van der Waals surface area contributed by atoms with Gasteiger partial charge in [-0.3, -0.25) is 4.79 Å². The van der Waals surface area contributed by atoms with Crippen LogP contribution in [-0.4, -0.2) is 34.5 Å². The lowest BCUT2D eigenvalue weighted by molar-refractivity contribution is -0.150. The summed E-state index contributed by atoms with van der Waals surface area (Å²) in [5.41, 5.74) is 0. The Morgan fingerprint density at radius 1 is 1.29 bits per heavy atom. The summed E-state index contributed by atoms with van der Waals surface area (Å²) in [7, 11) is 0. The number of hydrogen-bond acceptors (Lipinski definition) is 2. The first-order valence-corrected chi connectivity index (χ1v) is 6.54. The summed E-state index contributed by atoms with van der Waals surface area (Å²) in [6.45, 7) is 4.75. The molecule has 17 heavy (non-hydrogen) atoms. The average Bonchev–Trinajstić information content (AvgIpc) is 2.50. The molecule has 1 saturated heterocycles. The Kier molecular flexibility index (Phi) is 5.45. The normalized spacial score (nSPS) is 21.4. The Morgan fingerprint density at radius 3 is 2.59 bits per heavy atom. The first-order chi connectivity index (χ1) is 8.02. The number of hydrogen-bond donors (Lipinski definition) is 1. The van der Waals surface area contributed by atoms with Crippen molar-refractivity contribution < 1.29 is 14.7 Å². The largest absolute Gasteiger partial charge is 0.480 e. The lowest BCUT2D eigenvalue weighted by Crippen LogP contribution is -2.44. The van der Waals surface area contributed by atoms with Gasteiger partial charge in [0.1, 0.15) is 6.04 Å². The van der Waals surface area contributed by atoms with E-state index in [9.17, 15) is 9.59 Å². The van der Waals surface area contributed by atoms with Gasteiger partial charge in [0, 0.05) is 13.0 Å². The van der Waals surface area contributed by atoms with Crippen molar-refractivity contribution in [2.24, 2.45) is 5.92 Å². The molecule has 1 aliphatic rings. The summed E-state index contributed by atoms with van der Waals surface area (Å²) in [5.74, 6) is -0.369. The highest BCUT2D eigenvalue weighted by Crippen LogP contribution is 2.19. The van der Waals surface area contributed by atoms with Gasteiger partial charge >= 0.3 is 5.97 Å². The van der Waals surface area contributed by atoms with Crippen molar-refractivity contribution in [3.8, 4) is 0 Å². The van der Waals surface area contributed by atoms with Crippen molar-refractivity contribution >= 4 is 11.9 Å². The van der Waals surface area contributed by atoms with Crippen LogP contribution in [0.4, 0.5) is 0 Å². The summed E-state index contributed by atoms with van der Waals surface area (Å²) in [6, 6.07) is -0.600. The van der Waals surface area contributed by atoms with E-state index in [1.54, 1.807) is 4.90 Å². The lowest BCUT2D eigenvalue weighted by Gasteiger charge is -2.27. The van der Waals surface area contributed by atoms with Crippen LogP contribution in [0, 0.1) is 5.92 Å². The van der Waals surface area contributed by atoms with Gasteiger partial charge in [0.2, 0.25) is 5.91 Å². The SMILES string of the molecule is CC(C)CCC(=O)N1CCCCCC1C(=O)O. The number of aliphatic carboxylic acids is 1. The average molecular weight is 241 g/mol. The Balaban J connectivity index is 2.62. The van der Waals surface area contributed by atoms with E-state index in [1.807, 2.05) is 0 Å². The van der Waals surface area contributed by atoms with Crippen LogP contribution in [0.25, 0.3) is 0 Å². The van der Waals surface area contributed by atoms with E-state index in [1.165, 1.54) is 0 Å². The molecule has 4 heteroatoms. The van der Waals surface area contributed by atoms with E-state index in [-0.39, 0.29) is 5.91 Å². The molecule has 1 amide bonds. The van der Waals surface area contributed by atoms with E-state index in [4.69, 9.17) is 5.11 Å². The number of carboxylic acid groups (broad SMARTS) is 1. The standard InChI is InChI=1S/C13H23NO3/c1-10(2)7-8-12(15)14-9-5-3-4-6-11(14)13(16)17/h10-11H,3-9H2,1-2H3,(H,16,17). The highest BCUT2D eigenvalue weighted by molar-refractivity contribution is 5.83. The van der Waals surface area contributed by atoms with Crippen molar-refractivity contribution in [2.45, 2.75) is 58.4 Å². The number of carbonyl (C=O) groups is 2. The van der Waals surface area contributed by atoms with Crippen LogP contribution in [0.15, 0.2) is 0 Å². The van der Waals surface area contributed by atoms with Crippen molar-refractivity contribution in [3.05, 3.63) is 0 Å². The third-order valence-corrected chi connectivity index (χ3v) is 3.29. The predicted molar refractivity (Wildman–Crippen MR) is 65.7 cm³/mol. The van der Waals surface area contributed by atoms with Gasteiger partial charge in [-0.2, -0.15) is 0 Å². The van der Waals surface area contributed by atoms with Gasteiger partial charge in [-0.1, -0.05) is 26.7 Å². The molecule has 1 fully saturated rings. The maximum atomic E-state index is 12.0. The zero-order chi connectivity index (χ0) is 12.8. The van der Waals surface area contributed by atoms with E-state index in [0.717, 1.165) is 25.7 Å². The molecule has 1 heterocycles. The molecular weight excluding hydrogens is 218 g/mol. The van der Waals surface area contributed by atoms with Gasteiger partial charge in [0.05, 0.1) is 0 Å². The van der Waals surface area contributed by atoms with Crippen LogP contribution >= 0.6 is 0 Å². The van der Waals surface area contributed by atoms with Crippen LogP contribution in [0.1, 0.15) is 52.4 Å². The Hall–Kier alpha value is -1.06. The maximum absolute atomic E-state index is 12.0. The van der Waals surface area contributed by atoms with Crippen LogP contribution < -0.4 is 0 Å². The predicted octanol–water partition coefficient (Wildman–Crippen LogP) is 2.28. The molecule has 1 unspecified atom stereocenters. The minimum Gasteiger partial charge on any atom is -0.480 e. The molecule has 0 spiro atoms. The molecule has 1 atom stereocenters. The molecule has 4 nitrogen and oxygen atoms in total. The fourth-order valence-electron chi connectivity index (χ4n) is 2.22. The second-order valence-corrected chi connectivity index (χ2v) is 5.22. The van der Waals surface area contributed by atoms with Gasteiger partial charge in [-0.15, -0.1) is 0 Å². The maximum Gasteiger partial charge on any atom is 0.326 e. The van der Waals surface area contributed by atoms with Crippen LogP contribution in [0.5, 0.6) is 0 Å². The first kappa shape index (κ1) is 14.0. The third kappa shape index (κ3) is 4.36. The Morgan fingerprint density at radius 2 is 2.00 bits per heavy atom. The number of nitrogens with zero attached hydrogens (tertiary/aromatic N) is 1. The van der Waals surface area contributed by atoms with E-state index in [2.05, 4.69) is 13.8 Å². The molecule has 0 aliphatic carbocycles. The molecule has 0 aromatic carbocycles. The highest BCUT2D eigenvalue weighted by atomic mass is 16.4. The quantitative estimate of drug-likeness (QED) is 0.821. The summed E-state index contributed by atoms with van der Waals surface area (Å²) in [4.78, 5) is 24.8. The van der Waals surface area contributed by atoms with E-state index >= 15 is 0 Å². The molecule has 1 rings (SSSR count). The highest BCUT2D eigenvalue weighted by Gasteiger charge is 2.30. The molecule has 1 aliphatic heterocycles. The van der Waals surface area contributed by atoms with Gasteiger partial charge in [-0.05, 0) is 25.2 Å². The lowest BCUT2D eigenvalue weighted by atomic mass is 10.1. The second-order valence-electron chi connectivity index (χ2n) is 5.22. The summed E-state index contributed by atoms with van der Waals surface area (Å²) in [6.07, 6.45) is 4.77. The van der Waals surface area contributed by atoms with Crippen molar-refractivity contribution in [3.63, 3.8) is 0 Å². The number of carboxylic acids is 1. The monoisotopic (exact) mass is 241 g/mol. The molecule has 1 N–H and O–H groups in total. The number of likely N-dealkylation sites (tertiary alicyclic amines) is 1.